The molecular formula is C9H17ClN2O2S. The standard InChI is InChI=1S/C9H17ClN2O2S/c1-15-7-3-2-6-11-9(14)12-8(13)4-5-10/h2-7H2,1H3,(H2,11,12,13,14). The Kier molecular flexibility index (Phi) is 9.83. The fourth-order valence-corrected chi connectivity index (χ4v) is 1.56. The molecule has 0 heterocycles. The molecular weight excluding hydrogens is 236 g/mol. The van der Waals surface area contributed by atoms with Crippen LogP contribution in [0.5, 0.6) is 0 Å². The molecule has 0 aromatic carbocycles. The largest absolute Gasteiger partial charge is 0.338 e. The average Bonchev–Trinajstić information content (AvgIpc) is 2.17. The van der Waals surface area contributed by atoms with E-state index in [-0.39, 0.29) is 18.2 Å². The van der Waals surface area contributed by atoms with Crippen LogP contribution in [-0.4, -0.2) is 36.4 Å². The SMILES string of the molecule is CSCCCCNC(=O)NC(=O)CCCl. The Balaban J connectivity index is 3.37. The molecule has 0 unspecified atom stereocenters. The van der Waals surface area contributed by atoms with Crippen LogP contribution in [0.15, 0.2) is 0 Å². The van der Waals surface area contributed by atoms with Crippen molar-refractivity contribution in [3.8, 4) is 0 Å². The van der Waals surface area contributed by atoms with Crippen molar-refractivity contribution < 1.29 is 9.59 Å². The molecule has 0 spiro atoms. The van der Waals surface area contributed by atoms with Crippen LogP contribution in [0.1, 0.15) is 19.3 Å². The summed E-state index contributed by atoms with van der Waals surface area (Å²) in [6.07, 6.45) is 4.21. The van der Waals surface area contributed by atoms with Crippen LogP contribution < -0.4 is 10.6 Å². The number of amides is 3. The van der Waals surface area contributed by atoms with Crippen molar-refractivity contribution in [2.45, 2.75) is 19.3 Å². The first-order valence-corrected chi connectivity index (χ1v) is 6.76. The van der Waals surface area contributed by atoms with Gasteiger partial charge in [0.1, 0.15) is 0 Å². The van der Waals surface area contributed by atoms with E-state index in [2.05, 4.69) is 10.6 Å². The average molecular weight is 253 g/mol. The summed E-state index contributed by atoms with van der Waals surface area (Å²) in [7, 11) is 0. The molecule has 4 nitrogen and oxygen atoms in total. The third kappa shape index (κ3) is 9.87. The third-order valence-electron chi connectivity index (χ3n) is 1.64. The van der Waals surface area contributed by atoms with E-state index in [0.717, 1.165) is 18.6 Å². The lowest BCUT2D eigenvalue weighted by atomic mass is 10.3. The number of carbonyl (C=O) groups is 2. The zero-order valence-electron chi connectivity index (χ0n) is 8.85. The van der Waals surface area contributed by atoms with Gasteiger partial charge in [0.05, 0.1) is 0 Å². The van der Waals surface area contributed by atoms with Crippen molar-refractivity contribution in [3.05, 3.63) is 0 Å². The first-order chi connectivity index (χ1) is 7.20. The summed E-state index contributed by atoms with van der Waals surface area (Å²) in [6, 6.07) is -0.436. The Morgan fingerprint density at radius 1 is 1.33 bits per heavy atom. The molecule has 0 aliphatic carbocycles. The topological polar surface area (TPSA) is 58.2 Å². The lowest BCUT2D eigenvalue weighted by molar-refractivity contribution is -0.119. The number of unbranched alkanes of at least 4 members (excludes halogenated alkanes) is 1. The molecule has 0 atom stereocenters. The van der Waals surface area contributed by atoms with E-state index in [1.807, 2.05) is 6.26 Å². The van der Waals surface area contributed by atoms with Crippen molar-refractivity contribution in [1.29, 1.82) is 0 Å². The van der Waals surface area contributed by atoms with Crippen LogP contribution in [0.25, 0.3) is 0 Å². The summed E-state index contributed by atoms with van der Waals surface area (Å²) >= 11 is 7.13. The van der Waals surface area contributed by atoms with Gasteiger partial charge in [-0.05, 0) is 24.9 Å². The molecule has 15 heavy (non-hydrogen) atoms. The summed E-state index contributed by atoms with van der Waals surface area (Å²) in [5.74, 6) is 0.980. The third-order valence-corrected chi connectivity index (χ3v) is 2.52. The number of rotatable bonds is 7. The van der Waals surface area contributed by atoms with Crippen molar-refractivity contribution in [2.24, 2.45) is 0 Å². The van der Waals surface area contributed by atoms with Crippen molar-refractivity contribution in [1.82, 2.24) is 10.6 Å². The number of carbonyl (C=O) groups excluding carboxylic acids is 2. The molecule has 0 fully saturated rings. The molecule has 0 rings (SSSR count). The van der Waals surface area contributed by atoms with Gasteiger partial charge in [0.2, 0.25) is 5.91 Å². The minimum absolute atomic E-state index is 0.168. The van der Waals surface area contributed by atoms with E-state index >= 15 is 0 Å². The molecule has 0 saturated carbocycles. The molecule has 0 saturated heterocycles. The molecule has 0 bridgehead atoms. The summed E-state index contributed by atoms with van der Waals surface area (Å²) in [5.41, 5.74) is 0. The lowest BCUT2D eigenvalue weighted by Gasteiger charge is -2.05. The van der Waals surface area contributed by atoms with Crippen LogP contribution in [0.4, 0.5) is 4.79 Å². The summed E-state index contributed by atoms with van der Waals surface area (Å²) in [6.45, 7) is 0.598. The van der Waals surface area contributed by atoms with Crippen molar-refractivity contribution >= 4 is 35.3 Å². The molecule has 0 aromatic rings. The van der Waals surface area contributed by atoms with Gasteiger partial charge in [0.25, 0.3) is 0 Å². The number of hydrogen-bond donors (Lipinski definition) is 2. The Hall–Kier alpha value is -0.420. The first-order valence-electron chi connectivity index (χ1n) is 4.83. The number of thioether (sulfide) groups is 1. The fraction of sp³-hybridized carbons (Fsp3) is 0.778. The van der Waals surface area contributed by atoms with Crippen molar-refractivity contribution in [2.75, 3.05) is 24.4 Å². The van der Waals surface area contributed by atoms with Crippen LogP contribution in [0, 0.1) is 0 Å². The van der Waals surface area contributed by atoms with E-state index in [9.17, 15) is 9.59 Å². The predicted molar refractivity (Wildman–Crippen MR) is 64.5 cm³/mol. The quantitative estimate of drug-likeness (QED) is 0.534. The maximum atomic E-state index is 11.1. The summed E-state index contributed by atoms with van der Waals surface area (Å²) < 4.78 is 0. The van der Waals surface area contributed by atoms with E-state index in [4.69, 9.17) is 11.6 Å². The van der Waals surface area contributed by atoms with Gasteiger partial charge in [-0.25, -0.2) is 4.79 Å². The number of hydrogen-bond acceptors (Lipinski definition) is 3. The van der Waals surface area contributed by atoms with E-state index < -0.39 is 6.03 Å². The van der Waals surface area contributed by atoms with Gasteiger partial charge in [-0.3, -0.25) is 10.1 Å². The highest BCUT2D eigenvalue weighted by molar-refractivity contribution is 7.98. The Bertz CT molecular complexity index is 203. The molecule has 0 aliphatic heterocycles. The molecule has 2 N–H and O–H groups in total. The van der Waals surface area contributed by atoms with Crippen molar-refractivity contribution in [3.63, 3.8) is 0 Å². The minimum Gasteiger partial charge on any atom is -0.338 e. The number of urea groups is 1. The second-order valence-electron chi connectivity index (χ2n) is 2.94. The highest BCUT2D eigenvalue weighted by Gasteiger charge is 2.05. The van der Waals surface area contributed by atoms with Gasteiger partial charge >= 0.3 is 6.03 Å². The van der Waals surface area contributed by atoms with Gasteiger partial charge in [0, 0.05) is 18.8 Å². The molecule has 6 heteroatoms. The van der Waals surface area contributed by atoms with E-state index in [0.29, 0.717) is 6.54 Å². The Morgan fingerprint density at radius 2 is 2.07 bits per heavy atom. The lowest BCUT2D eigenvalue weighted by Crippen LogP contribution is -2.39. The molecule has 0 aliphatic rings. The van der Waals surface area contributed by atoms with E-state index in [1.54, 1.807) is 11.8 Å². The Labute approximate surface area is 99.5 Å². The maximum Gasteiger partial charge on any atom is 0.321 e. The van der Waals surface area contributed by atoms with Gasteiger partial charge < -0.3 is 5.32 Å². The van der Waals surface area contributed by atoms with Crippen LogP contribution in [0.3, 0.4) is 0 Å². The summed E-state index contributed by atoms with van der Waals surface area (Å²) in [4.78, 5) is 22.0. The zero-order chi connectivity index (χ0) is 11.5. The molecule has 88 valence electrons. The highest BCUT2D eigenvalue weighted by atomic mass is 35.5. The number of nitrogens with one attached hydrogen (secondary N) is 2. The van der Waals surface area contributed by atoms with Gasteiger partial charge in [-0.15, -0.1) is 11.6 Å². The fourth-order valence-electron chi connectivity index (χ4n) is 0.892. The minimum atomic E-state index is -0.436. The van der Waals surface area contributed by atoms with E-state index in [1.165, 1.54) is 0 Å². The number of imide groups is 1. The molecule has 3 amide bonds. The number of halogens is 1. The first kappa shape index (κ1) is 14.6. The van der Waals surface area contributed by atoms with Gasteiger partial charge in [-0.1, -0.05) is 0 Å². The number of alkyl halides is 1. The molecule has 0 aromatic heterocycles. The normalized spacial score (nSPS) is 9.73. The smallest absolute Gasteiger partial charge is 0.321 e. The predicted octanol–water partition coefficient (Wildman–Crippen LogP) is 1.58. The molecule has 0 radical (unpaired) electrons. The Morgan fingerprint density at radius 3 is 2.67 bits per heavy atom. The summed E-state index contributed by atoms with van der Waals surface area (Å²) in [5, 5.41) is 4.80. The zero-order valence-corrected chi connectivity index (χ0v) is 10.4. The van der Waals surface area contributed by atoms with Crippen LogP contribution >= 0.6 is 23.4 Å². The van der Waals surface area contributed by atoms with Gasteiger partial charge in [-0.2, -0.15) is 11.8 Å². The second-order valence-corrected chi connectivity index (χ2v) is 4.31. The van der Waals surface area contributed by atoms with Gasteiger partial charge in [0.15, 0.2) is 0 Å². The maximum absolute atomic E-state index is 11.1. The monoisotopic (exact) mass is 252 g/mol. The highest BCUT2D eigenvalue weighted by Crippen LogP contribution is 1.97. The second kappa shape index (κ2) is 10.1. The van der Waals surface area contributed by atoms with Crippen LogP contribution in [-0.2, 0) is 4.79 Å². The van der Waals surface area contributed by atoms with Crippen LogP contribution in [0.2, 0.25) is 0 Å².